The van der Waals surface area contributed by atoms with Crippen LogP contribution in [-0.4, -0.2) is 41.2 Å². The van der Waals surface area contributed by atoms with Gasteiger partial charge in [-0.2, -0.15) is 0 Å². The minimum absolute atomic E-state index is 0.0733. The number of aromatic hydroxyl groups is 1. The van der Waals surface area contributed by atoms with Crippen LogP contribution in [0.4, 0.5) is 5.69 Å². The van der Waals surface area contributed by atoms with Crippen LogP contribution < -0.4 is 5.32 Å². The van der Waals surface area contributed by atoms with Crippen LogP contribution in [0.15, 0.2) is 30.3 Å². The van der Waals surface area contributed by atoms with Crippen LogP contribution in [0.5, 0.6) is 5.88 Å². The second-order valence-electron chi connectivity index (χ2n) is 5.37. The van der Waals surface area contributed by atoms with Crippen LogP contribution in [0.1, 0.15) is 19.3 Å². The minimum atomic E-state index is 0.0733. The average molecular weight is 271 g/mol. The molecule has 1 fully saturated rings. The Labute approximate surface area is 119 Å². The van der Waals surface area contributed by atoms with Gasteiger partial charge in [0.2, 0.25) is 5.88 Å². The number of anilines is 1. The number of para-hydroxylation sites is 1. The Morgan fingerprint density at radius 3 is 2.80 bits per heavy atom. The molecule has 106 valence electrons. The highest BCUT2D eigenvalue weighted by Crippen LogP contribution is 2.25. The van der Waals surface area contributed by atoms with Crippen LogP contribution in [-0.2, 0) is 0 Å². The third kappa shape index (κ3) is 3.02. The Bertz CT molecular complexity index is 579. The summed E-state index contributed by atoms with van der Waals surface area (Å²) in [5.74, 6) is 0.0733. The van der Waals surface area contributed by atoms with E-state index in [1.165, 1.54) is 32.4 Å². The van der Waals surface area contributed by atoms with Crippen molar-refractivity contribution in [2.24, 2.45) is 0 Å². The fourth-order valence-corrected chi connectivity index (χ4v) is 2.84. The van der Waals surface area contributed by atoms with E-state index in [1.54, 1.807) is 6.07 Å². The summed E-state index contributed by atoms with van der Waals surface area (Å²) in [6.45, 7) is 4.37. The zero-order valence-electron chi connectivity index (χ0n) is 11.7. The van der Waals surface area contributed by atoms with Crippen molar-refractivity contribution >= 4 is 16.6 Å². The molecule has 4 heteroatoms. The lowest BCUT2D eigenvalue weighted by Crippen LogP contribution is -2.33. The van der Waals surface area contributed by atoms with Crippen molar-refractivity contribution in [1.82, 2.24) is 9.88 Å². The first kappa shape index (κ1) is 13.2. The predicted molar refractivity (Wildman–Crippen MR) is 82.2 cm³/mol. The molecule has 1 aliphatic heterocycles. The van der Waals surface area contributed by atoms with Crippen molar-refractivity contribution < 1.29 is 5.11 Å². The van der Waals surface area contributed by atoms with Crippen LogP contribution in [0.2, 0.25) is 0 Å². The first-order valence-corrected chi connectivity index (χ1v) is 7.38. The summed E-state index contributed by atoms with van der Waals surface area (Å²) in [6.07, 6.45) is 4.00. The van der Waals surface area contributed by atoms with Gasteiger partial charge in [-0.25, -0.2) is 4.98 Å². The zero-order chi connectivity index (χ0) is 13.8. The van der Waals surface area contributed by atoms with Crippen molar-refractivity contribution in [3.05, 3.63) is 30.3 Å². The standard InChI is InChI=1S/C16H21N3O/c20-16-12-15(13-6-2-3-7-14(13)18-16)17-8-11-19-9-4-1-5-10-19/h2-3,6-7,12H,1,4-5,8-11H2,(H2,17,18,20). The van der Waals surface area contributed by atoms with Gasteiger partial charge in [-0.15, -0.1) is 0 Å². The van der Waals surface area contributed by atoms with Gasteiger partial charge < -0.3 is 15.3 Å². The van der Waals surface area contributed by atoms with Gasteiger partial charge >= 0.3 is 0 Å². The maximum atomic E-state index is 9.70. The summed E-state index contributed by atoms with van der Waals surface area (Å²) in [4.78, 5) is 6.64. The van der Waals surface area contributed by atoms with Gasteiger partial charge in [0.1, 0.15) is 0 Å². The summed E-state index contributed by atoms with van der Waals surface area (Å²) in [5, 5.41) is 14.2. The molecule has 1 saturated heterocycles. The molecule has 2 N–H and O–H groups in total. The average Bonchev–Trinajstić information content (AvgIpc) is 2.48. The molecule has 0 atom stereocenters. The van der Waals surface area contributed by atoms with Gasteiger partial charge in [0.05, 0.1) is 5.52 Å². The molecule has 0 radical (unpaired) electrons. The number of pyridine rings is 1. The molecule has 0 bridgehead atoms. The number of nitrogens with zero attached hydrogens (tertiary/aromatic N) is 2. The molecule has 0 saturated carbocycles. The predicted octanol–water partition coefficient (Wildman–Crippen LogP) is 2.84. The number of rotatable bonds is 4. The summed E-state index contributed by atoms with van der Waals surface area (Å²) in [6, 6.07) is 9.59. The van der Waals surface area contributed by atoms with Crippen LogP contribution in [0, 0.1) is 0 Å². The van der Waals surface area contributed by atoms with E-state index in [0.717, 1.165) is 29.7 Å². The monoisotopic (exact) mass is 271 g/mol. The molecule has 2 aromatic rings. The first-order chi connectivity index (χ1) is 9.83. The van der Waals surface area contributed by atoms with Gasteiger partial charge in [-0.3, -0.25) is 0 Å². The Morgan fingerprint density at radius 1 is 1.15 bits per heavy atom. The fourth-order valence-electron chi connectivity index (χ4n) is 2.84. The molecule has 0 unspecified atom stereocenters. The largest absolute Gasteiger partial charge is 0.493 e. The number of fused-ring (bicyclic) bond motifs is 1. The van der Waals surface area contributed by atoms with Gasteiger partial charge in [-0.05, 0) is 32.0 Å². The van der Waals surface area contributed by atoms with Crippen molar-refractivity contribution in [2.75, 3.05) is 31.5 Å². The number of benzene rings is 1. The van der Waals surface area contributed by atoms with Crippen molar-refractivity contribution in [1.29, 1.82) is 0 Å². The third-order valence-electron chi connectivity index (χ3n) is 3.89. The molecular formula is C16H21N3O. The molecule has 20 heavy (non-hydrogen) atoms. The summed E-state index contributed by atoms with van der Waals surface area (Å²) in [7, 11) is 0. The van der Waals surface area contributed by atoms with Crippen LogP contribution in [0.3, 0.4) is 0 Å². The van der Waals surface area contributed by atoms with Crippen molar-refractivity contribution in [3.63, 3.8) is 0 Å². The first-order valence-electron chi connectivity index (χ1n) is 7.38. The molecule has 0 aliphatic carbocycles. The van der Waals surface area contributed by atoms with Gasteiger partial charge in [-0.1, -0.05) is 24.6 Å². The van der Waals surface area contributed by atoms with Crippen LogP contribution >= 0.6 is 0 Å². The van der Waals surface area contributed by atoms with Crippen LogP contribution in [0.25, 0.3) is 10.9 Å². The van der Waals surface area contributed by atoms with E-state index in [2.05, 4.69) is 15.2 Å². The van der Waals surface area contributed by atoms with Gasteiger partial charge in [0, 0.05) is 30.2 Å². The Kier molecular flexibility index (Phi) is 4.02. The Hall–Kier alpha value is -1.81. The van der Waals surface area contributed by atoms with E-state index >= 15 is 0 Å². The maximum absolute atomic E-state index is 9.70. The normalized spacial score (nSPS) is 16.4. The van der Waals surface area contributed by atoms with E-state index in [-0.39, 0.29) is 5.88 Å². The lowest BCUT2D eigenvalue weighted by atomic mass is 10.1. The molecule has 3 rings (SSSR count). The quantitative estimate of drug-likeness (QED) is 0.897. The molecule has 0 amide bonds. The second kappa shape index (κ2) is 6.09. The lowest BCUT2D eigenvalue weighted by molar-refractivity contribution is 0.237. The minimum Gasteiger partial charge on any atom is -0.493 e. The highest BCUT2D eigenvalue weighted by Gasteiger charge is 2.10. The number of piperidine rings is 1. The van der Waals surface area contributed by atoms with E-state index in [4.69, 9.17) is 0 Å². The summed E-state index contributed by atoms with van der Waals surface area (Å²) < 4.78 is 0. The van der Waals surface area contributed by atoms with E-state index in [1.807, 2.05) is 24.3 Å². The topological polar surface area (TPSA) is 48.4 Å². The molecular weight excluding hydrogens is 250 g/mol. The van der Waals surface area contributed by atoms with E-state index in [0.29, 0.717) is 0 Å². The Balaban J connectivity index is 1.67. The number of aromatic nitrogens is 1. The highest BCUT2D eigenvalue weighted by molar-refractivity contribution is 5.91. The maximum Gasteiger partial charge on any atom is 0.213 e. The summed E-state index contributed by atoms with van der Waals surface area (Å²) >= 11 is 0. The number of nitrogens with one attached hydrogen (secondary N) is 1. The number of hydrogen-bond donors (Lipinski definition) is 2. The highest BCUT2D eigenvalue weighted by atomic mass is 16.3. The van der Waals surface area contributed by atoms with Crippen molar-refractivity contribution in [2.45, 2.75) is 19.3 Å². The molecule has 4 nitrogen and oxygen atoms in total. The molecule has 1 aromatic heterocycles. The molecule has 1 aliphatic rings. The number of hydrogen-bond acceptors (Lipinski definition) is 4. The van der Waals surface area contributed by atoms with E-state index in [9.17, 15) is 5.11 Å². The molecule has 2 heterocycles. The lowest BCUT2D eigenvalue weighted by Gasteiger charge is -2.26. The third-order valence-corrected chi connectivity index (χ3v) is 3.89. The second-order valence-corrected chi connectivity index (χ2v) is 5.37. The fraction of sp³-hybridized carbons (Fsp3) is 0.438. The smallest absolute Gasteiger partial charge is 0.213 e. The molecule has 0 spiro atoms. The Morgan fingerprint density at radius 2 is 1.95 bits per heavy atom. The SMILES string of the molecule is Oc1cc(NCCN2CCCCC2)c2ccccc2n1. The summed E-state index contributed by atoms with van der Waals surface area (Å²) in [5.41, 5.74) is 1.79. The number of likely N-dealkylation sites (tertiary alicyclic amines) is 1. The van der Waals surface area contributed by atoms with Gasteiger partial charge in [0.15, 0.2) is 0 Å². The van der Waals surface area contributed by atoms with Gasteiger partial charge in [0.25, 0.3) is 0 Å². The zero-order valence-corrected chi connectivity index (χ0v) is 11.7. The van der Waals surface area contributed by atoms with E-state index < -0.39 is 0 Å². The molecule has 1 aromatic carbocycles. The van der Waals surface area contributed by atoms with Crippen molar-refractivity contribution in [3.8, 4) is 5.88 Å².